The molecule has 3 nitrogen and oxygen atoms in total. The monoisotopic (exact) mass is 447 g/mol. The molecule has 0 amide bonds. The lowest BCUT2D eigenvalue weighted by Crippen LogP contribution is -2.11. The summed E-state index contributed by atoms with van der Waals surface area (Å²) in [5, 5.41) is 1.03. The highest BCUT2D eigenvalue weighted by Crippen LogP contribution is 2.20. The molecule has 27 heavy (non-hydrogen) atoms. The zero-order chi connectivity index (χ0) is 19.5. The summed E-state index contributed by atoms with van der Waals surface area (Å²) in [5.74, 6) is 0.406. The van der Waals surface area contributed by atoms with E-state index >= 15 is 0 Å². The molecule has 3 N–H and O–H groups in total. The molecule has 0 aliphatic heterocycles. The Morgan fingerprint density at radius 2 is 1.33 bits per heavy atom. The van der Waals surface area contributed by atoms with Crippen molar-refractivity contribution in [1.82, 2.24) is 6.15 Å². The largest absolute Gasteiger partial charge is 0.462 e. The van der Waals surface area contributed by atoms with E-state index in [9.17, 15) is 4.79 Å². The fraction of sp³-hybridized carbons (Fsp3) is 0.870. The first kappa shape index (κ1) is 28.9. The molecule has 0 aliphatic rings. The van der Waals surface area contributed by atoms with Crippen molar-refractivity contribution >= 4 is 21.9 Å². The van der Waals surface area contributed by atoms with Gasteiger partial charge in [-0.05, 0) is 25.7 Å². The molecule has 0 heterocycles. The van der Waals surface area contributed by atoms with Crippen LogP contribution in [-0.4, -0.2) is 17.9 Å². The highest BCUT2D eigenvalue weighted by Gasteiger charge is 2.10. The predicted octanol–water partition coefficient (Wildman–Crippen LogP) is 8.15. The van der Waals surface area contributed by atoms with Crippen LogP contribution >= 0.6 is 15.9 Å². The molecule has 0 saturated heterocycles. The SMILES string of the molecule is C=C(C)C(=O)OCCC(CCBr)CCCCCCCCCCCCCC.N. The minimum Gasteiger partial charge on any atom is -0.462 e. The summed E-state index contributed by atoms with van der Waals surface area (Å²) in [7, 11) is 0. The number of carbonyl (C=O) groups excluding carboxylic acids is 1. The minimum atomic E-state index is -0.257. The van der Waals surface area contributed by atoms with Crippen LogP contribution in [0, 0.1) is 5.92 Å². The quantitative estimate of drug-likeness (QED) is 0.0938. The second-order valence-electron chi connectivity index (χ2n) is 7.73. The Bertz CT molecular complexity index is 347. The third kappa shape index (κ3) is 20.2. The van der Waals surface area contributed by atoms with Gasteiger partial charge in [-0.25, -0.2) is 4.79 Å². The molecule has 0 aliphatic carbocycles. The lowest BCUT2D eigenvalue weighted by molar-refractivity contribution is -0.139. The Kier molecular flexibility index (Phi) is 23.5. The molecule has 1 atom stereocenters. The molecule has 0 aromatic heterocycles. The van der Waals surface area contributed by atoms with E-state index < -0.39 is 0 Å². The van der Waals surface area contributed by atoms with E-state index in [1.165, 1.54) is 89.9 Å². The number of carbonyl (C=O) groups is 1. The molecule has 0 rings (SSSR count). The number of alkyl halides is 1. The van der Waals surface area contributed by atoms with Crippen LogP contribution in [0.2, 0.25) is 0 Å². The maximum atomic E-state index is 11.4. The molecular formula is C23H46BrNO2. The topological polar surface area (TPSA) is 61.3 Å². The van der Waals surface area contributed by atoms with Crippen molar-refractivity contribution < 1.29 is 9.53 Å². The van der Waals surface area contributed by atoms with Gasteiger partial charge in [-0.2, -0.15) is 0 Å². The van der Waals surface area contributed by atoms with E-state index in [4.69, 9.17) is 4.74 Å². The molecule has 4 heteroatoms. The minimum absolute atomic E-state index is 0. The van der Waals surface area contributed by atoms with E-state index in [0.717, 1.165) is 11.8 Å². The second kappa shape index (κ2) is 21.9. The highest BCUT2D eigenvalue weighted by molar-refractivity contribution is 9.09. The van der Waals surface area contributed by atoms with Crippen LogP contribution < -0.4 is 6.15 Å². The number of esters is 1. The highest BCUT2D eigenvalue weighted by atomic mass is 79.9. The number of unbranched alkanes of at least 4 members (excludes halogenated alkanes) is 11. The number of halogens is 1. The smallest absolute Gasteiger partial charge is 0.333 e. The van der Waals surface area contributed by atoms with E-state index in [1.807, 2.05) is 0 Å². The zero-order valence-electron chi connectivity index (χ0n) is 18.2. The maximum Gasteiger partial charge on any atom is 0.333 e. The summed E-state index contributed by atoms with van der Waals surface area (Å²) >= 11 is 3.55. The van der Waals surface area contributed by atoms with E-state index in [-0.39, 0.29) is 12.1 Å². The van der Waals surface area contributed by atoms with Crippen molar-refractivity contribution in [2.24, 2.45) is 5.92 Å². The molecule has 0 fully saturated rings. The number of ether oxygens (including phenoxy) is 1. The van der Waals surface area contributed by atoms with Gasteiger partial charge in [0.1, 0.15) is 0 Å². The third-order valence-electron chi connectivity index (χ3n) is 5.09. The summed E-state index contributed by atoms with van der Waals surface area (Å²) in [6.07, 6.45) is 20.1. The first-order chi connectivity index (χ1) is 12.6. The van der Waals surface area contributed by atoms with Gasteiger partial charge in [0.25, 0.3) is 0 Å². The molecule has 0 radical (unpaired) electrons. The number of hydrogen-bond donors (Lipinski definition) is 1. The lowest BCUT2D eigenvalue weighted by Gasteiger charge is -2.15. The average molecular weight is 449 g/mol. The Morgan fingerprint density at radius 1 is 0.852 bits per heavy atom. The van der Waals surface area contributed by atoms with Gasteiger partial charge in [0.2, 0.25) is 0 Å². The van der Waals surface area contributed by atoms with Crippen molar-refractivity contribution in [2.75, 3.05) is 11.9 Å². The second-order valence-corrected chi connectivity index (χ2v) is 8.52. The van der Waals surface area contributed by atoms with Gasteiger partial charge in [-0.3, -0.25) is 0 Å². The Morgan fingerprint density at radius 3 is 1.78 bits per heavy atom. The summed E-state index contributed by atoms with van der Waals surface area (Å²) < 4.78 is 5.24. The van der Waals surface area contributed by atoms with Crippen LogP contribution in [0.4, 0.5) is 0 Å². The molecule has 0 aromatic rings. The normalized spacial score (nSPS) is 11.7. The summed E-state index contributed by atoms with van der Waals surface area (Å²) in [5.41, 5.74) is 0.489. The molecule has 0 aromatic carbocycles. The van der Waals surface area contributed by atoms with Crippen LogP contribution in [0.5, 0.6) is 0 Å². The van der Waals surface area contributed by atoms with E-state index in [2.05, 4.69) is 29.4 Å². The summed E-state index contributed by atoms with van der Waals surface area (Å²) in [6, 6.07) is 0. The molecule has 162 valence electrons. The van der Waals surface area contributed by atoms with E-state index in [0.29, 0.717) is 18.1 Å². The van der Waals surface area contributed by atoms with Gasteiger partial charge in [0.15, 0.2) is 0 Å². The Balaban J connectivity index is 0. The summed E-state index contributed by atoms with van der Waals surface area (Å²) in [4.78, 5) is 11.4. The summed E-state index contributed by atoms with van der Waals surface area (Å²) in [6.45, 7) is 8.13. The van der Waals surface area contributed by atoms with Crippen molar-refractivity contribution in [3.8, 4) is 0 Å². The fourth-order valence-corrected chi connectivity index (χ4v) is 3.95. The van der Waals surface area contributed by atoms with Gasteiger partial charge in [-0.1, -0.05) is 113 Å². The van der Waals surface area contributed by atoms with Gasteiger partial charge in [-0.15, -0.1) is 0 Å². The Hall–Kier alpha value is -0.350. The van der Waals surface area contributed by atoms with Crippen LogP contribution in [0.25, 0.3) is 0 Å². The maximum absolute atomic E-state index is 11.4. The van der Waals surface area contributed by atoms with Crippen LogP contribution in [0.3, 0.4) is 0 Å². The molecule has 0 spiro atoms. The Labute approximate surface area is 177 Å². The van der Waals surface area contributed by atoms with Gasteiger partial charge in [0.05, 0.1) is 6.61 Å². The van der Waals surface area contributed by atoms with Crippen molar-refractivity contribution in [3.05, 3.63) is 12.2 Å². The van der Waals surface area contributed by atoms with Crippen molar-refractivity contribution in [2.45, 2.75) is 110 Å². The first-order valence-electron chi connectivity index (χ1n) is 11.0. The number of hydrogen-bond acceptors (Lipinski definition) is 3. The van der Waals surface area contributed by atoms with Crippen molar-refractivity contribution in [3.63, 3.8) is 0 Å². The lowest BCUT2D eigenvalue weighted by atomic mass is 9.95. The zero-order valence-corrected chi connectivity index (χ0v) is 19.8. The average Bonchev–Trinajstić information content (AvgIpc) is 2.62. The van der Waals surface area contributed by atoms with Crippen LogP contribution in [0.15, 0.2) is 12.2 Å². The molecular weight excluding hydrogens is 402 g/mol. The predicted molar refractivity (Wildman–Crippen MR) is 123 cm³/mol. The molecule has 0 bridgehead atoms. The van der Waals surface area contributed by atoms with Crippen LogP contribution in [0.1, 0.15) is 110 Å². The van der Waals surface area contributed by atoms with Gasteiger partial charge >= 0.3 is 5.97 Å². The van der Waals surface area contributed by atoms with Gasteiger partial charge < -0.3 is 10.9 Å². The van der Waals surface area contributed by atoms with E-state index in [1.54, 1.807) is 6.92 Å². The van der Waals surface area contributed by atoms with Gasteiger partial charge in [0, 0.05) is 10.9 Å². The van der Waals surface area contributed by atoms with Crippen LogP contribution in [-0.2, 0) is 9.53 Å². The number of rotatable bonds is 19. The van der Waals surface area contributed by atoms with Crippen molar-refractivity contribution in [1.29, 1.82) is 0 Å². The molecule has 1 unspecified atom stereocenters. The standard InChI is InChI=1S/C23H43BrO2.H3N/c1-4-5-6-7-8-9-10-11-12-13-14-15-16-22(17-19-24)18-20-26-23(25)21(2)3;/h22H,2,4-20H2,1,3H3;1H3. The molecule has 0 saturated carbocycles. The fourth-order valence-electron chi connectivity index (χ4n) is 3.30. The first-order valence-corrected chi connectivity index (χ1v) is 12.1. The third-order valence-corrected chi connectivity index (χ3v) is 5.55.